The summed E-state index contributed by atoms with van der Waals surface area (Å²) in [7, 11) is 0. The predicted molar refractivity (Wildman–Crippen MR) is 95.7 cm³/mol. The summed E-state index contributed by atoms with van der Waals surface area (Å²) in [4.78, 5) is 27.5. The molecule has 1 aromatic carbocycles. The predicted octanol–water partition coefficient (Wildman–Crippen LogP) is 2.83. The van der Waals surface area contributed by atoms with Crippen molar-refractivity contribution in [3.63, 3.8) is 0 Å². The Balaban J connectivity index is 1.66. The van der Waals surface area contributed by atoms with Gasteiger partial charge in [-0.3, -0.25) is 4.79 Å². The van der Waals surface area contributed by atoms with Crippen LogP contribution in [0.2, 0.25) is 4.34 Å². The van der Waals surface area contributed by atoms with Crippen LogP contribution in [0.15, 0.2) is 35.1 Å². The summed E-state index contributed by atoms with van der Waals surface area (Å²) in [6, 6.07) is 9.18. The van der Waals surface area contributed by atoms with Crippen molar-refractivity contribution in [2.24, 2.45) is 0 Å². The van der Waals surface area contributed by atoms with Crippen molar-refractivity contribution in [3.8, 4) is 5.69 Å². The second kappa shape index (κ2) is 7.27. The zero-order valence-electron chi connectivity index (χ0n) is 13.3. The molecule has 0 aliphatic carbocycles. The number of hydrogen-bond acceptors (Lipinski definition) is 5. The highest BCUT2D eigenvalue weighted by molar-refractivity contribution is 7.11. The van der Waals surface area contributed by atoms with E-state index >= 15 is 0 Å². The number of rotatable bonds is 3. The molecule has 0 N–H and O–H groups in total. The van der Waals surface area contributed by atoms with Gasteiger partial charge < -0.3 is 14.5 Å². The Morgan fingerprint density at radius 1 is 1.17 bits per heavy atom. The molecule has 6 nitrogen and oxygen atoms in total. The number of nitrogens with zero attached hydrogens (tertiary/aromatic N) is 3. The van der Waals surface area contributed by atoms with Gasteiger partial charge in [0.1, 0.15) is 4.34 Å². The minimum Gasteiger partial charge on any atom is -0.450 e. The average Bonchev–Trinajstić information content (AvgIpc) is 2.94. The molecular formula is C16H18ClN3O3S. The van der Waals surface area contributed by atoms with Gasteiger partial charge in [0.25, 0.3) is 5.56 Å². The third-order valence-corrected chi connectivity index (χ3v) is 5.05. The van der Waals surface area contributed by atoms with Crippen LogP contribution in [0, 0.1) is 0 Å². The van der Waals surface area contributed by atoms with Crippen molar-refractivity contribution in [2.75, 3.05) is 37.7 Å². The maximum absolute atomic E-state index is 11.8. The summed E-state index contributed by atoms with van der Waals surface area (Å²) < 4.78 is 7.06. The molecule has 1 fully saturated rings. The molecule has 1 aliphatic heterocycles. The Hall–Kier alpha value is -1.99. The Labute approximate surface area is 149 Å². The number of piperazine rings is 1. The Morgan fingerprint density at radius 3 is 2.33 bits per heavy atom. The minimum atomic E-state index is -0.249. The largest absolute Gasteiger partial charge is 0.450 e. The molecule has 0 spiro atoms. The number of anilines is 1. The molecule has 0 radical (unpaired) electrons. The SMILES string of the molecule is CCOC(=O)N1CCN(c2ccc(-n3sc(Cl)cc3=O)cc2)CC1. The highest BCUT2D eigenvalue weighted by Gasteiger charge is 2.22. The van der Waals surface area contributed by atoms with Gasteiger partial charge in [0.2, 0.25) is 0 Å². The number of halogens is 1. The minimum absolute atomic E-state index is 0.124. The maximum Gasteiger partial charge on any atom is 0.409 e. The van der Waals surface area contributed by atoms with Gasteiger partial charge in [-0.05, 0) is 42.7 Å². The fraction of sp³-hybridized carbons (Fsp3) is 0.375. The fourth-order valence-corrected chi connectivity index (χ4v) is 3.65. The van der Waals surface area contributed by atoms with Crippen LogP contribution in [0.25, 0.3) is 5.69 Å². The maximum atomic E-state index is 11.8. The summed E-state index contributed by atoms with van der Waals surface area (Å²) in [6.45, 7) is 4.99. The summed E-state index contributed by atoms with van der Waals surface area (Å²) in [5.41, 5.74) is 1.74. The van der Waals surface area contributed by atoms with Gasteiger partial charge in [0.05, 0.1) is 12.3 Å². The zero-order chi connectivity index (χ0) is 17.1. The van der Waals surface area contributed by atoms with Gasteiger partial charge >= 0.3 is 6.09 Å². The molecule has 2 aromatic rings. The molecule has 128 valence electrons. The fourth-order valence-electron chi connectivity index (χ4n) is 2.66. The first kappa shape index (κ1) is 16.9. The van der Waals surface area contributed by atoms with Crippen LogP contribution in [0.3, 0.4) is 0 Å². The van der Waals surface area contributed by atoms with Gasteiger partial charge in [-0.25, -0.2) is 8.75 Å². The van der Waals surface area contributed by atoms with E-state index in [0.29, 0.717) is 24.0 Å². The lowest BCUT2D eigenvalue weighted by atomic mass is 10.2. The van der Waals surface area contributed by atoms with E-state index < -0.39 is 0 Å². The number of amides is 1. The average molecular weight is 368 g/mol. The van der Waals surface area contributed by atoms with Crippen LogP contribution in [0.4, 0.5) is 10.5 Å². The Kier molecular flexibility index (Phi) is 5.11. The van der Waals surface area contributed by atoms with Crippen molar-refractivity contribution < 1.29 is 9.53 Å². The molecule has 8 heteroatoms. The second-order valence-corrected chi connectivity index (χ2v) is 6.98. The van der Waals surface area contributed by atoms with Crippen molar-refractivity contribution in [1.82, 2.24) is 8.86 Å². The van der Waals surface area contributed by atoms with Crippen molar-refractivity contribution in [2.45, 2.75) is 6.92 Å². The monoisotopic (exact) mass is 367 g/mol. The number of carbonyl (C=O) groups excluding carboxylic acids is 1. The summed E-state index contributed by atoms with van der Waals surface area (Å²) in [5.74, 6) is 0. The van der Waals surface area contributed by atoms with Gasteiger partial charge in [-0.2, -0.15) is 0 Å². The molecule has 1 aromatic heterocycles. The number of aromatic nitrogens is 1. The van der Waals surface area contributed by atoms with Crippen LogP contribution >= 0.6 is 23.1 Å². The first-order valence-corrected chi connectivity index (χ1v) is 8.89. The van der Waals surface area contributed by atoms with Crippen molar-refractivity contribution in [1.29, 1.82) is 0 Å². The molecule has 24 heavy (non-hydrogen) atoms. The van der Waals surface area contributed by atoms with Crippen LogP contribution in [0.5, 0.6) is 0 Å². The van der Waals surface area contributed by atoms with E-state index in [4.69, 9.17) is 16.3 Å². The number of ether oxygens (including phenoxy) is 1. The first-order valence-electron chi connectivity index (χ1n) is 7.74. The van der Waals surface area contributed by atoms with Crippen molar-refractivity contribution in [3.05, 3.63) is 45.0 Å². The summed E-state index contributed by atoms with van der Waals surface area (Å²) in [6.07, 6.45) is -0.249. The molecule has 1 aliphatic rings. The van der Waals surface area contributed by atoms with Crippen molar-refractivity contribution >= 4 is 34.9 Å². The number of carbonyl (C=O) groups is 1. The lowest BCUT2D eigenvalue weighted by molar-refractivity contribution is 0.105. The standard InChI is InChI=1S/C16H18ClN3O3S/c1-2-23-16(22)19-9-7-18(8-10-19)12-3-5-13(6-4-12)20-15(21)11-14(17)24-20/h3-6,11H,2,7-10H2,1H3. The highest BCUT2D eigenvalue weighted by atomic mass is 35.5. The summed E-state index contributed by atoms with van der Waals surface area (Å²) in [5, 5.41) is 0. The number of benzene rings is 1. The Bertz CT molecular complexity index is 764. The van der Waals surface area contributed by atoms with Gasteiger partial charge in [0.15, 0.2) is 0 Å². The number of hydrogen-bond donors (Lipinski definition) is 0. The molecule has 0 bridgehead atoms. The molecule has 3 rings (SSSR count). The highest BCUT2D eigenvalue weighted by Crippen LogP contribution is 2.21. The van der Waals surface area contributed by atoms with Crippen LogP contribution in [0.1, 0.15) is 6.92 Å². The molecular weight excluding hydrogens is 350 g/mol. The topological polar surface area (TPSA) is 54.8 Å². The van der Waals surface area contributed by atoms with Crippen LogP contribution < -0.4 is 10.5 Å². The third kappa shape index (κ3) is 3.57. The van der Waals surface area contributed by atoms with Gasteiger partial charge in [-0.15, -0.1) is 0 Å². The van der Waals surface area contributed by atoms with Crippen LogP contribution in [-0.2, 0) is 4.74 Å². The second-order valence-electron chi connectivity index (χ2n) is 5.36. The van der Waals surface area contributed by atoms with E-state index in [9.17, 15) is 9.59 Å². The van der Waals surface area contributed by atoms with Gasteiger partial charge in [0, 0.05) is 37.9 Å². The zero-order valence-corrected chi connectivity index (χ0v) is 14.8. The normalized spacial score (nSPS) is 14.8. The van der Waals surface area contributed by atoms with E-state index in [-0.39, 0.29) is 11.7 Å². The molecule has 1 saturated heterocycles. The first-order chi connectivity index (χ1) is 11.6. The Morgan fingerprint density at radius 2 is 1.79 bits per heavy atom. The van der Waals surface area contributed by atoms with Crippen LogP contribution in [-0.4, -0.2) is 47.7 Å². The molecule has 0 saturated carbocycles. The van der Waals surface area contributed by atoms with Gasteiger partial charge in [-0.1, -0.05) is 11.6 Å². The lowest BCUT2D eigenvalue weighted by Gasteiger charge is -2.35. The quantitative estimate of drug-likeness (QED) is 0.837. The third-order valence-electron chi connectivity index (χ3n) is 3.87. The van der Waals surface area contributed by atoms with E-state index in [0.717, 1.165) is 24.5 Å². The molecule has 2 heterocycles. The molecule has 0 unspecified atom stereocenters. The molecule has 1 amide bonds. The summed E-state index contributed by atoms with van der Waals surface area (Å²) >= 11 is 7.09. The van der Waals surface area contributed by atoms with E-state index in [2.05, 4.69) is 4.90 Å². The lowest BCUT2D eigenvalue weighted by Crippen LogP contribution is -2.49. The van der Waals surface area contributed by atoms with E-state index in [1.54, 1.807) is 8.86 Å². The van der Waals surface area contributed by atoms with E-state index in [1.807, 2.05) is 31.2 Å². The smallest absolute Gasteiger partial charge is 0.409 e. The van der Waals surface area contributed by atoms with E-state index in [1.165, 1.54) is 17.6 Å². The molecule has 0 atom stereocenters.